The molecule has 3 nitrogen and oxygen atoms in total. The lowest BCUT2D eigenvalue weighted by Crippen LogP contribution is -2.43. The third-order valence-corrected chi connectivity index (χ3v) is 5.01. The number of ether oxygens (including phenoxy) is 1. The molecule has 0 aliphatic carbocycles. The molecular weight excluding hydrogens is 286 g/mol. The van der Waals surface area contributed by atoms with Gasteiger partial charge in [-0.05, 0) is 23.6 Å². The number of fused-ring (bicyclic) bond motifs is 1. The Kier molecular flexibility index (Phi) is 3.66. The quantitative estimate of drug-likeness (QED) is 0.797. The lowest BCUT2D eigenvalue weighted by Gasteiger charge is -2.37. The molecule has 118 valence electrons. The summed E-state index contributed by atoms with van der Waals surface area (Å²) in [6.45, 7) is 3.67. The molecule has 0 radical (unpaired) electrons. The maximum atomic E-state index is 12.2. The van der Waals surface area contributed by atoms with Crippen LogP contribution in [-0.2, 0) is 16.1 Å². The maximum Gasteiger partial charge on any atom is 0.323 e. The van der Waals surface area contributed by atoms with Crippen LogP contribution in [0.4, 0.5) is 0 Å². The summed E-state index contributed by atoms with van der Waals surface area (Å²) in [7, 11) is 0. The molecule has 3 atom stereocenters. The van der Waals surface area contributed by atoms with E-state index in [-0.39, 0.29) is 18.1 Å². The molecule has 0 bridgehead atoms. The molecule has 0 saturated carbocycles. The molecule has 2 aliphatic rings. The van der Waals surface area contributed by atoms with Gasteiger partial charge in [0.05, 0.1) is 0 Å². The Morgan fingerprint density at radius 3 is 2.52 bits per heavy atom. The number of rotatable bonds is 2. The van der Waals surface area contributed by atoms with Crippen molar-refractivity contribution in [2.45, 2.75) is 38.0 Å². The Morgan fingerprint density at radius 2 is 1.78 bits per heavy atom. The standard InChI is InChI=1S/C20H21NO2/c1-14-11-19(20(22)23-14)21-12-16-9-5-6-10-17(16)18(13-21)15-7-3-2-4-8-15/h2-10,14,18-19H,11-13H2,1H3/t14-,18-,19+/m1/s1. The zero-order valence-corrected chi connectivity index (χ0v) is 13.3. The number of hydrogen-bond acceptors (Lipinski definition) is 3. The van der Waals surface area contributed by atoms with Crippen LogP contribution in [0.3, 0.4) is 0 Å². The van der Waals surface area contributed by atoms with Gasteiger partial charge in [0.15, 0.2) is 0 Å². The maximum absolute atomic E-state index is 12.2. The normalized spacial score (nSPS) is 27.5. The second kappa shape index (κ2) is 5.82. The zero-order chi connectivity index (χ0) is 15.8. The number of hydrogen-bond donors (Lipinski definition) is 0. The molecule has 3 heteroatoms. The summed E-state index contributed by atoms with van der Waals surface area (Å²) < 4.78 is 5.38. The van der Waals surface area contributed by atoms with Crippen molar-refractivity contribution in [2.75, 3.05) is 6.54 Å². The van der Waals surface area contributed by atoms with Crippen molar-refractivity contribution in [3.63, 3.8) is 0 Å². The van der Waals surface area contributed by atoms with Crippen molar-refractivity contribution < 1.29 is 9.53 Å². The number of carbonyl (C=O) groups excluding carboxylic acids is 1. The Labute approximate surface area is 136 Å². The molecule has 0 unspecified atom stereocenters. The van der Waals surface area contributed by atoms with Crippen LogP contribution in [0.15, 0.2) is 54.6 Å². The number of nitrogens with zero attached hydrogens (tertiary/aromatic N) is 1. The second-order valence-electron chi connectivity index (χ2n) is 6.59. The average molecular weight is 307 g/mol. The van der Waals surface area contributed by atoms with E-state index in [0.717, 1.165) is 19.5 Å². The Morgan fingerprint density at radius 1 is 1.04 bits per heavy atom. The van der Waals surface area contributed by atoms with Gasteiger partial charge in [0.2, 0.25) is 0 Å². The van der Waals surface area contributed by atoms with E-state index in [1.807, 2.05) is 13.0 Å². The first-order valence-corrected chi connectivity index (χ1v) is 8.29. The number of carbonyl (C=O) groups is 1. The van der Waals surface area contributed by atoms with Gasteiger partial charge in [-0.2, -0.15) is 0 Å². The molecule has 2 aromatic carbocycles. The van der Waals surface area contributed by atoms with E-state index >= 15 is 0 Å². The van der Waals surface area contributed by atoms with E-state index in [0.29, 0.717) is 5.92 Å². The summed E-state index contributed by atoms with van der Waals surface area (Å²) in [5.41, 5.74) is 4.01. The van der Waals surface area contributed by atoms with Crippen LogP contribution in [-0.4, -0.2) is 29.6 Å². The summed E-state index contributed by atoms with van der Waals surface area (Å²) in [6.07, 6.45) is 0.822. The second-order valence-corrected chi connectivity index (χ2v) is 6.59. The molecule has 4 rings (SSSR count). The lowest BCUT2D eigenvalue weighted by molar-refractivity contribution is -0.145. The van der Waals surface area contributed by atoms with Crippen LogP contribution < -0.4 is 0 Å². The fourth-order valence-corrected chi connectivity index (χ4v) is 3.88. The minimum Gasteiger partial charge on any atom is -0.461 e. The summed E-state index contributed by atoms with van der Waals surface area (Å²) >= 11 is 0. The summed E-state index contributed by atoms with van der Waals surface area (Å²) in [5.74, 6) is 0.244. The van der Waals surface area contributed by atoms with Gasteiger partial charge < -0.3 is 4.74 Å². The van der Waals surface area contributed by atoms with Gasteiger partial charge in [0.1, 0.15) is 12.1 Å². The molecule has 2 aromatic rings. The van der Waals surface area contributed by atoms with Crippen LogP contribution >= 0.6 is 0 Å². The average Bonchev–Trinajstić information content (AvgIpc) is 2.93. The highest BCUT2D eigenvalue weighted by Crippen LogP contribution is 2.36. The van der Waals surface area contributed by atoms with Gasteiger partial charge in [0.25, 0.3) is 0 Å². The Bertz CT molecular complexity index is 713. The van der Waals surface area contributed by atoms with Crippen molar-refractivity contribution in [1.82, 2.24) is 4.90 Å². The topological polar surface area (TPSA) is 29.5 Å². The number of cyclic esters (lactones) is 1. The molecule has 0 aromatic heterocycles. The highest BCUT2D eigenvalue weighted by atomic mass is 16.6. The van der Waals surface area contributed by atoms with Crippen LogP contribution in [0.25, 0.3) is 0 Å². The van der Waals surface area contributed by atoms with Crippen molar-refractivity contribution in [3.05, 3.63) is 71.3 Å². The molecule has 0 amide bonds. The van der Waals surface area contributed by atoms with Gasteiger partial charge in [-0.1, -0.05) is 54.6 Å². The largest absolute Gasteiger partial charge is 0.461 e. The van der Waals surface area contributed by atoms with Crippen molar-refractivity contribution >= 4 is 5.97 Å². The Hall–Kier alpha value is -2.13. The third-order valence-electron chi connectivity index (χ3n) is 5.01. The van der Waals surface area contributed by atoms with E-state index in [9.17, 15) is 4.79 Å². The predicted octanol–water partition coefficient (Wildman–Crippen LogP) is 3.34. The van der Waals surface area contributed by atoms with Crippen LogP contribution in [0.5, 0.6) is 0 Å². The number of benzene rings is 2. The van der Waals surface area contributed by atoms with Crippen molar-refractivity contribution in [2.24, 2.45) is 0 Å². The predicted molar refractivity (Wildman–Crippen MR) is 89.1 cm³/mol. The molecule has 0 N–H and O–H groups in total. The van der Waals surface area contributed by atoms with E-state index in [1.165, 1.54) is 16.7 Å². The third kappa shape index (κ3) is 2.66. The Balaban J connectivity index is 1.70. The van der Waals surface area contributed by atoms with Crippen LogP contribution in [0.1, 0.15) is 36.0 Å². The molecule has 1 fully saturated rings. The lowest BCUT2D eigenvalue weighted by atomic mass is 9.84. The molecule has 2 aliphatic heterocycles. The van der Waals surface area contributed by atoms with Gasteiger partial charge in [-0.25, -0.2) is 0 Å². The summed E-state index contributed by atoms with van der Waals surface area (Å²) in [5, 5.41) is 0. The van der Waals surface area contributed by atoms with Crippen LogP contribution in [0.2, 0.25) is 0 Å². The van der Waals surface area contributed by atoms with Gasteiger partial charge in [0, 0.05) is 25.4 Å². The van der Waals surface area contributed by atoms with E-state index in [4.69, 9.17) is 4.74 Å². The van der Waals surface area contributed by atoms with E-state index in [2.05, 4.69) is 53.4 Å². The molecule has 23 heavy (non-hydrogen) atoms. The van der Waals surface area contributed by atoms with Gasteiger partial charge >= 0.3 is 5.97 Å². The molecule has 1 saturated heterocycles. The first kappa shape index (κ1) is 14.5. The molecule has 2 heterocycles. The first-order valence-electron chi connectivity index (χ1n) is 8.29. The van der Waals surface area contributed by atoms with Gasteiger partial charge in [-0.3, -0.25) is 9.69 Å². The van der Waals surface area contributed by atoms with Crippen molar-refractivity contribution in [1.29, 1.82) is 0 Å². The highest BCUT2D eigenvalue weighted by Gasteiger charge is 2.39. The smallest absolute Gasteiger partial charge is 0.323 e. The summed E-state index contributed by atoms with van der Waals surface area (Å²) in [4.78, 5) is 14.5. The minimum atomic E-state index is -0.107. The molecule has 0 spiro atoms. The van der Waals surface area contributed by atoms with Crippen LogP contribution in [0, 0.1) is 0 Å². The van der Waals surface area contributed by atoms with E-state index in [1.54, 1.807) is 0 Å². The SMILES string of the molecule is C[C@@H]1C[C@H](N2Cc3ccccc3[C@@H](c3ccccc3)C2)C(=O)O1. The van der Waals surface area contributed by atoms with Crippen molar-refractivity contribution in [3.8, 4) is 0 Å². The van der Waals surface area contributed by atoms with E-state index < -0.39 is 0 Å². The first-order chi connectivity index (χ1) is 11.2. The fraction of sp³-hybridized carbons (Fsp3) is 0.350. The molecular formula is C20H21NO2. The summed E-state index contributed by atoms with van der Waals surface area (Å²) in [6, 6.07) is 19.1. The fourth-order valence-electron chi connectivity index (χ4n) is 3.88. The highest BCUT2D eigenvalue weighted by molar-refractivity contribution is 5.78. The van der Waals surface area contributed by atoms with Gasteiger partial charge in [-0.15, -0.1) is 0 Å². The number of esters is 1. The monoisotopic (exact) mass is 307 g/mol. The minimum absolute atomic E-state index is 0.0276. The zero-order valence-electron chi connectivity index (χ0n) is 13.3.